The molecule has 140 valence electrons. The summed E-state index contributed by atoms with van der Waals surface area (Å²) in [6.07, 6.45) is 1.43. The number of aromatic nitrogens is 1. The number of amides is 2. The Kier molecular flexibility index (Phi) is 4.63. The largest absolute Gasteiger partial charge is 0.454 e. The van der Waals surface area contributed by atoms with Crippen molar-refractivity contribution in [3.63, 3.8) is 0 Å². The number of fused-ring (bicyclic) bond motifs is 1. The molecule has 0 radical (unpaired) electrons. The molecule has 2 heterocycles. The number of carbonyl (C=O) groups excluding carboxylic acids is 2. The summed E-state index contributed by atoms with van der Waals surface area (Å²) in [5, 5.41) is 5.54. The number of ether oxygens (including phenoxy) is 2. The van der Waals surface area contributed by atoms with Crippen molar-refractivity contribution in [3.05, 3.63) is 77.6 Å². The Morgan fingerprint density at radius 1 is 0.857 bits per heavy atom. The van der Waals surface area contributed by atoms with Crippen molar-refractivity contribution in [2.24, 2.45) is 0 Å². The Balaban J connectivity index is 1.47. The van der Waals surface area contributed by atoms with E-state index in [-0.39, 0.29) is 18.4 Å². The highest BCUT2D eigenvalue weighted by molar-refractivity contribution is 6.07. The predicted molar refractivity (Wildman–Crippen MR) is 104 cm³/mol. The third-order valence-corrected chi connectivity index (χ3v) is 4.19. The van der Waals surface area contributed by atoms with Crippen LogP contribution < -0.4 is 20.1 Å². The SMILES string of the molecule is Cc1ccc(NC(=O)c2ccnc(C(=O)Nc3ccc4c(c3)OCO4)c2)cc1. The first-order chi connectivity index (χ1) is 13.6. The summed E-state index contributed by atoms with van der Waals surface area (Å²) in [5.41, 5.74) is 2.80. The standard InChI is InChI=1S/C21H17N3O4/c1-13-2-4-15(5-3-13)23-20(25)14-8-9-22-17(10-14)21(26)24-16-6-7-18-19(11-16)28-12-27-18/h2-11H,12H2,1H3,(H,23,25)(H,24,26). The molecule has 4 rings (SSSR count). The van der Waals surface area contributed by atoms with E-state index in [4.69, 9.17) is 9.47 Å². The van der Waals surface area contributed by atoms with Crippen molar-refractivity contribution in [1.82, 2.24) is 4.98 Å². The van der Waals surface area contributed by atoms with E-state index in [0.717, 1.165) is 5.56 Å². The maximum atomic E-state index is 12.5. The quantitative estimate of drug-likeness (QED) is 0.727. The number of hydrogen-bond acceptors (Lipinski definition) is 5. The molecule has 2 N–H and O–H groups in total. The van der Waals surface area contributed by atoms with E-state index < -0.39 is 5.91 Å². The molecule has 2 amide bonds. The number of benzene rings is 2. The van der Waals surface area contributed by atoms with Crippen LogP contribution in [0, 0.1) is 6.92 Å². The summed E-state index contributed by atoms with van der Waals surface area (Å²) >= 11 is 0. The molecule has 0 spiro atoms. The van der Waals surface area contributed by atoms with Crippen LogP contribution in [0.15, 0.2) is 60.8 Å². The molecule has 1 aromatic heterocycles. The zero-order chi connectivity index (χ0) is 19.5. The molecule has 0 saturated heterocycles. The molecule has 0 bridgehead atoms. The van der Waals surface area contributed by atoms with E-state index in [1.807, 2.05) is 31.2 Å². The normalized spacial score (nSPS) is 11.8. The average Bonchev–Trinajstić information content (AvgIpc) is 3.17. The second-order valence-corrected chi connectivity index (χ2v) is 6.27. The topological polar surface area (TPSA) is 89.6 Å². The summed E-state index contributed by atoms with van der Waals surface area (Å²) in [5.74, 6) is 0.454. The predicted octanol–water partition coefficient (Wildman–Crippen LogP) is 3.62. The van der Waals surface area contributed by atoms with Crippen molar-refractivity contribution >= 4 is 23.2 Å². The fourth-order valence-electron chi connectivity index (χ4n) is 2.71. The highest BCUT2D eigenvalue weighted by Gasteiger charge is 2.16. The molecule has 7 heteroatoms. The minimum atomic E-state index is -0.427. The second-order valence-electron chi connectivity index (χ2n) is 6.27. The van der Waals surface area contributed by atoms with Gasteiger partial charge in [-0.3, -0.25) is 14.6 Å². The second kappa shape index (κ2) is 7.40. The number of carbonyl (C=O) groups is 2. The number of rotatable bonds is 4. The van der Waals surface area contributed by atoms with E-state index in [0.29, 0.717) is 28.4 Å². The van der Waals surface area contributed by atoms with Gasteiger partial charge in [0.1, 0.15) is 5.69 Å². The smallest absolute Gasteiger partial charge is 0.274 e. The van der Waals surface area contributed by atoms with Crippen LogP contribution in [0.2, 0.25) is 0 Å². The highest BCUT2D eigenvalue weighted by Crippen LogP contribution is 2.34. The number of nitrogens with one attached hydrogen (secondary N) is 2. The molecule has 0 aliphatic carbocycles. The number of nitrogens with zero attached hydrogens (tertiary/aromatic N) is 1. The third kappa shape index (κ3) is 3.78. The number of hydrogen-bond donors (Lipinski definition) is 2. The van der Waals surface area contributed by atoms with Crippen LogP contribution in [0.25, 0.3) is 0 Å². The van der Waals surface area contributed by atoms with Gasteiger partial charge >= 0.3 is 0 Å². The van der Waals surface area contributed by atoms with Gasteiger partial charge in [-0.2, -0.15) is 0 Å². The van der Waals surface area contributed by atoms with E-state index in [2.05, 4.69) is 15.6 Å². The van der Waals surface area contributed by atoms with Crippen molar-refractivity contribution in [3.8, 4) is 11.5 Å². The summed E-state index contributed by atoms with van der Waals surface area (Å²) in [4.78, 5) is 29.0. The monoisotopic (exact) mass is 375 g/mol. The Hall–Kier alpha value is -3.87. The van der Waals surface area contributed by atoms with Gasteiger partial charge in [0.25, 0.3) is 11.8 Å². The van der Waals surface area contributed by atoms with Crippen molar-refractivity contribution in [2.45, 2.75) is 6.92 Å². The van der Waals surface area contributed by atoms with Gasteiger partial charge in [-0.1, -0.05) is 17.7 Å². The van der Waals surface area contributed by atoms with Crippen molar-refractivity contribution in [1.29, 1.82) is 0 Å². The van der Waals surface area contributed by atoms with Crippen LogP contribution >= 0.6 is 0 Å². The van der Waals surface area contributed by atoms with Crippen LogP contribution in [0.3, 0.4) is 0 Å². The number of pyridine rings is 1. The van der Waals surface area contributed by atoms with Gasteiger partial charge in [-0.05, 0) is 43.3 Å². The van der Waals surface area contributed by atoms with Crippen LogP contribution in [-0.4, -0.2) is 23.6 Å². The van der Waals surface area contributed by atoms with Crippen molar-refractivity contribution in [2.75, 3.05) is 17.4 Å². The Morgan fingerprint density at radius 3 is 2.39 bits per heavy atom. The van der Waals surface area contributed by atoms with Crippen LogP contribution in [0.5, 0.6) is 11.5 Å². The highest BCUT2D eigenvalue weighted by atomic mass is 16.7. The number of anilines is 2. The minimum absolute atomic E-state index is 0.134. The zero-order valence-corrected chi connectivity index (χ0v) is 15.1. The molecule has 1 aliphatic rings. The van der Waals surface area contributed by atoms with E-state index in [1.165, 1.54) is 12.3 Å². The van der Waals surface area contributed by atoms with Gasteiger partial charge in [-0.15, -0.1) is 0 Å². The lowest BCUT2D eigenvalue weighted by Crippen LogP contribution is -2.17. The van der Waals surface area contributed by atoms with Gasteiger partial charge in [0.2, 0.25) is 6.79 Å². The van der Waals surface area contributed by atoms with Gasteiger partial charge in [0.15, 0.2) is 11.5 Å². The summed E-state index contributed by atoms with van der Waals surface area (Å²) in [7, 11) is 0. The lowest BCUT2D eigenvalue weighted by molar-refractivity contribution is 0.102. The average molecular weight is 375 g/mol. The van der Waals surface area contributed by atoms with Crippen LogP contribution in [-0.2, 0) is 0 Å². The van der Waals surface area contributed by atoms with E-state index in [9.17, 15) is 9.59 Å². The number of aryl methyl sites for hydroxylation is 1. The minimum Gasteiger partial charge on any atom is -0.454 e. The fourth-order valence-corrected chi connectivity index (χ4v) is 2.71. The molecular weight excluding hydrogens is 358 g/mol. The fraction of sp³-hybridized carbons (Fsp3) is 0.0952. The molecule has 0 saturated carbocycles. The molecule has 3 aromatic rings. The van der Waals surface area contributed by atoms with E-state index >= 15 is 0 Å². The Morgan fingerprint density at radius 2 is 1.57 bits per heavy atom. The molecule has 7 nitrogen and oxygen atoms in total. The molecular formula is C21H17N3O4. The third-order valence-electron chi connectivity index (χ3n) is 4.19. The van der Waals surface area contributed by atoms with E-state index in [1.54, 1.807) is 24.3 Å². The van der Waals surface area contributed by atoms with Gasteiger partial charge in [0, 0.05) is 29.2 Å². The van der Waals surface area contributed by atoms with Crippen molar-refractivity contribution < 1.29 is 19.1 Å². The molecule has 1 aliphatic heterocycles. The lowest BCUT2D eigenvalue weighted by atomic mass is 10.2. The lowest BCUT2D eigenvalue weighted by Gasteiger charge is -2.08. The maximum Gasteiger partial charge on any atom is 0.274 e. The van der Waals surface area contributed by atoms with Gasteiger partial charge in [0.05, 0.1) is 0 Å². The Bertz CT molecular complexity index is 1050. The maximum absolute atomic E-state index is 12.5. The molecule has 2 aromatic carbocycles. The first-order valence-electron chi connectivity index (χ1n) is 8.63. The zero-order valence-electron chi connectivity index (χ0n) is 15.1. The molecule has 0 unspecified atom stereocenters. The van der Waals surface area contributed by atoms with Gasteiger partial charge in [-0.25, -0.2) is 0 Å². The van der Waals surface area contributed by atoms with Crippen LogP contribution in [0.1, 0.15) is 26.4 Å². The molecule has 0 atom stereocenters. The van der Waals surface area contributed by atoms with Crippen LogP contribution in [0.4, 0.5) is 11.4 Å². The summed E-state index contributed by atoms with van der Waals surface area (Å²) < 4.78 is 10.5. The molecule has 28 heavy (non-hydrogen) atoms. The van der Waals surface area contributed by atoms with Gasteiger partial charge < -0.3 is 20.1 Å². The Labute approximate surface area is 161 Å². The first kappa shape index (κ1) is 17.5. The summed E-state index contributed by atoms with van der Waals surface area (Å²) in [6.45, 7) is 2.13. The molecule has 0 fully saturated rings. The summed E-state index contributed by atoms with van der Waals surface area (Å²) in [6, 6.07) is 15.6. The first-order valence-corrected chi connectivity index (χ1v) is 8.63.